The third-order valence-electron chi connectivity index (χ3n) is 5.47. The topological polar surface area (TPSA) is 15.3 Å². The van der Waals surface area contributed by atoms with E-state index in [-0.39, 0.29) is 0 Å². The molecule has 2 fully saturated rings. The molecule has 3 rings (SSSR count). The maximum atomic E-state index is 3.48. The Labute approximate surface area is 129 Å². The summed E-state index contributed by atoms with van der Waals surface area (Å²) in [7, 11) is 0. The molecule has 1 aromatic rings. The van der Waals surface area contributed by atoms with Gasteiger partial charge in [0.05, 0.1) is 0 Å². The molecule has 2 heteroatoms. The highest BCUT2D eigenvalue weighted by molar-refractivity contribution is 5.15. The summed E-state index contributed by atoms with van der Waals surface area (Å²) in [5.74, 6) is 0.933. The van der Waals surface area contributed by atoms with Gasteiger partial charge in [0, 0.05) is 13.1 Å². The van der Waals surface area contributed by atoms with E-state index in [0.29, 0.717) is 5.41 Å². The van der Waals surface area contributed by atoms with Crippen LogP contribution in [0.15, 0.2) is 30.3 Å². The average molecular weight is 286 g/mol. The van der Waals surface area contributed by atoms with E-state index in [0.717, 1.165) is 5.92 Å². The number of nitrogens with zero attached hydrogens (tertiary/aromatic N) is 1. The fraction of sp³-hybridized carbons (Fsp3) is 0.684. The lowest BCUT2D eigenvalue weighted by molar-refractivity contribution is 0.211. The minimum Gasteiger partial charge on any atom is -0.317 e. The minimum absolute atomic E-state index is 0.531. The standard InChI is InChI=1S/C19H30N2/c1-19(10-7-17-5-3-2-4-6-17)11-14-21(16-19)15-18-8-12-20-13-9-18/h2-6,18,20H,7-16H2,1H3. The lowest BCUT2D eigenvalue weighted by Gasteiger charge is -2.29. The zero-order valence-corrected chi connectivity index (χ0v) is 13.5. The molecule has 0 aromatic heterocycles. The molecule has 0 aliphatic carbocycles. The maximum absolute atomic E-state index is 3.48. The first kappa shape index (κ1) is 15.1. The van der Waals surface area contributed by atoms with Crippen molar-refractivity contribution in [3.8, 4) is 0 Å². The second-order valence-electron chi connectivity index (χ2n) is 7.47. The van der Waals surface area contributed by atoms with Gasteiger partial charge in [-0.2, -0.15) is 0 Å². The largest absolute Gasteiger partial charge is 0.317 e. The molecule has 21 heavy (non-hydrogen) atoms. The van der Waals surface area contributed by atoms with Crippen molar-refractivity contribution in [1.82, 2.24) is 10.2 Å². The highest BCUT2D eigenvalue weighted by atomic mass is 15.2. The molecule has 1 aromatic carbocycles. The third-order valence-corrected chi connectivity index (χ3v) is 5.47. The molecular weight excluding hydrogens is 256 g/mol. The van der Waals surface area contributed by atoms with Gasteiger partial charge in [0.1, 0.15) is 0 Å². The zero-order valence-electron chi connectivity index (χ0n) is 13.5. The molecule has 2 aliphatic rings. The molecule has 2 nitrogen and oxygen atoms in total. The quantitative estimate of drug-likeness (QED) is 0.893. The van der Waals surface area contributed by atoms with Crippen LogP contribution < -0.4 is 5.32 Å². The van der Waals surface area contributed by atoms with Gasteiger partial charge in [-0.3, -0.25) is 0 Å². The highest BCUT2D eigenvalue weighted by Gasteiger charge is 2.34. The Bertz CT molecular complexity index is 424. The Morgan fingerprint density at radius 1 is 1.19 bits per heavy atom. The Morgan fingerprint density at radius 3 is 2.71 bits per heavy atom. The molecule has 2 saturated heterocycles. The molecule has 2 heterocycles. The van der Waals surface area contributed by atoms with E-state index in [1.807, 2.05) is 0 Å². The Balaban J connectivity index is 1.46. The van der Waals surface area contributed by atoms with Crippen LogP contribution >= 0.6 is 0 Å². The first-order valence-corrected chi connectivity index (χ1v) is 8.71. The molecule has 0 bridgehead atoms. The summed E-state index contributed by atoms with van der Waals surface area (Å²) in [4.78, 5) is 2.74. The monoisotopic (exact) mass is 286 g/mol. The van der Waals surface area contributed by atoms with Crippen molar-refractivity contribution < 1.29 is 0 Å². The molecule has 1 atom stereocenters. The predicted octanol–water partition coefficient (Wildman–Crippen LogP) is 3.33. The van der Waals surface area contributed by atoms with Crippen LogP contribution in [0, 0.1) is 11.3 Å². The first-order valence-electron chi connectivity index (χ1n) is 8.71. The van der Waals surface area contributed by atoms with E-state index in [9.17, 15) is 0 Å². The van der Waals surface area contributed by atoms with Crippen molar-refractivity contribution in [1.29, 1.82) is 0 Å². The van der Waals surface area contributed by atoms with Crippen LogP contribution in [-0.4, -0.2) is 37.6 Å². The van der Waals surface area contributed by atoms with Crippen molar-refractivity contribution in [2.75, 3.05) is 32.7 Å². The summed E-state index contributed by atoms with van der Waals surface area (Å²) in [6.45, 7) is 8.91. The van der Waals surface area contributed by atoms with Gasteiger partial charge in [-0.05, 0) is 68.6 Å². The number of hydrogen-bond acceptors (Lipinski definition) is 2. The molecule has 0 radical (unpaired) electrons. The van der Waals surface area contributed by atoms with Crippen LogP contribution in [0.1, 0.15) is 38.2 Å². The molecule has 0 spiro atoms. The van der Waals surface area contributed by atoms with Crippen LogP contribution in [-0.2, 0) is 6.42 Å². The summed E-state index contributed by atoms with van der Waals surface area (Å²) in [5, 5.41) is 3.48. The fourth-order valence-electron chi connectivity index (χ4n) is 4.01. The van der Waals surface area contributed by atoms with Gasteiger partial charge in [0.25, 0.3) is 0 Å². The minimum atomic E-state index is 0.531. The van der Waals surface area contributed by atoms with Gasteiger partial charge in [-0.15, -0.1) is 0 Å². The Kier molecular flexibility index (Phi) is 4.97. The van der Waals surface area contributed by atoms with Crippen LogP contribution in [0.2, 0.25) is 0 Å². The molecule has 0 amide bonds. The fourth-order valence-corrected chi connectivity index (χ4v) is 4.01. The summed E-state index contributed by atoms with van der Waals surface area (Å²) >= 11 is 0. The molecule has 1 N–H and O–H groups in total. The smallest absolute Gasteiger partial charge is 0.00360 e. The number of hydrogen-bond donors (Lipinski definition) is 1. The third kappa shape index (κ3) is 4.31. The molecular formula is C19H30N2. The van der Waals surface area contributed by atoms with E-state index in [1.165, 1.54) is 70.4 Å². The van der Waals surface area contributed by atoms with Crippen LogP contribution in [0.25, 0.3) is 0 Å². The molecule has 1 unspecified atom stereocenters. The number of piperidine rings is 1. The lowest BCUT2D eigenvalue weighted by Crippen LogP contribution is -2.36. The predicted molar refractivity (Wildman–Crippen MR) is 89.5 cm³/mol. The maximum Gasteiger partial charge on any atom is 0.00360 e. The zero-order chi connectivity index (χ0) is 14.5. The van der Waals surface area contributed by atoms with Crippen molar-refractivity contribution in [3.05, 3.63) is 35.9 Å². The molecule has 0 saturated carbocycles. The molecule has 116 valence electrons. The number of likely N-dealkylation sites (tertiary alicyclic amines) is 1. The van der Waals surface area contributed by atoms with Crippen molar-refractivity contribution >= 4 is 0 Å². The van der Waals surface area contributed by atoms with E-state index in [4.69, 9.17) is 0 Å². The van der Waals surface area contributed by atoms with Crippen molar-refractivity contribution in [2.24, 2.45) is 11.3 Å². The van der Waals surface area contributed by atoms with Gasteiger partial charge in [0.2, 0.25) is 0 Å². The lowest BCUT2D eigenvalue weighted by atomic mass is 9.83. The number of benzene rings is 1. The van der Waals surface area contributed by atoms with Gasteiger partial charge in [0.15, 0.2) is 0 Å². The van der Waals surface area contributed by atoms with E-state index < -0.39 is 0 Å². The Morgan fingerprint density at radius 2 is 1.95 bits per heavy atom. The van der Waals surface area contributed by atoms with E-state index in [2.05, 4.69) is 47.5 Å². The van der Waals surface area contributed by atoms with Crippen LogP contribution in [0.4, 0.5) is 0 Å². The summed E-state index contributed by atoms with van der Waals surface area (Å²) in [6, 6.07) is 11.0. The number of nitrogens with one attached hydrogen (secondary N) is 1. The SMILES string of the molecule is CC1(CCc2ccccc2)CCN(CC2CCNCC2)C1. The second-order valence-corrected chi connectivity index (χ2v) is 7.47. The summed E-state index contributed by atoms with van der Waals surface area (Å²) in [6.07, 6.45) is 6.69. The Hall–Kier alpha value is -0.860. The van der Waals surface area contributed by atoms with Gasteiger partial charge in [-0.1, -0.05) is 37.3 Å². The van der Waals surface area contributed by atoms with E-state index in [1.54, 1.807) is 0 Å². The second kappa shape index (κ2) is 6.93. The van der Waals surface area contributed by atoms with Crippen LogP contribution in [0.3, 0.4) is 0 Å². The van der Waals surface area contributed by atoms with Crippen molar-refractivity contribution in [2.45, 2.75) is 39.0 Å². The first-order chi connectivity index (χ1) is 10.2. The average Bonchev–Trinajstić information content (AvgIpc) is 2.89. The van der Waals surface area contributed by atoms with Gasteiger partial charge < -0.3 is 10.2 Å². The van der Waals surface area contributed by atoms with Gasteiger partial charge in [-0.25, -0.2) is 0 Å². The normalized spacial score (nSPS) is 28.0. The summed E-state index contributed by atoms with van der Waals surface area (Å²) < 4.78 is 0. The number of aryl methyl sites for hydroxylation is 1. The van der Waals surface area contributed by atoms with Crippen LogP contribution in [0.5, 0.6) is 0 Å². The number of rotatable bonds is 5. The molecule has 2 aliphatic heterocycles. The highest BCUT2D eigenvalue weighted by Crippen LogP contribution is 2.35. The summed E-state index contributed by atoms with van der Waals surface area (Å²) in [5.41, 5.74) is 2.03. The van der Waals surface area contributed by atoms with Crippen molar-refractivity contribution in [3.63, 3.8) is 0 Å². The van der Waals surface area contributed by atoms with Gasteiger partial charge >= 0.3 is 0 Å². The van der Waals surface area contributed by atoms with E-state index >= 15 is 0 Å².